The molecule has 0 amide bonds. The molecule has 0 radical (unpaired) electrons. The van der Waals surface area contributed by atoms with E-state index in [1.165, 1.54) is 29.3 Å². The predicted molar refractivity (Wildman–Crippen MR) is 136 cm³/mol. The number of allylic oxidation sites excluding steroid dienone is 1. The van der Waals surface area contributed by atoms with Gasteiger partial charge >= 0.3 is 0 Å². The average molecular weight is 466 g/mol. The van der Waals surface area contributed by atoms with Gasteiger partial charge < -0.3 is 20.4 Å². The fourth-order valence-corrected chi connectivity index (χ4v) is 5.06. The molecule has 0 saturated carbocycles. The summed E-state index contributed by atoms with van der Waals surface area (Å²) in [6, 6.07) is 8.69. The zero-order valence-corrected chi connectivity index (χ0v) is 20.3. The average Bonchev–Trinajstić information content (AvgIpc) is 3.17. The highest BCUT2D eigenvalue weighted by atomic mass is 32.2. The molecule has 1 aromatic heterocycles. The van der Waals surface area contributed by atoms with Crippen LogP contribution in [0.1, 0.15) is 25.1 Å². The lowest BCUT2D eigenvalue weighted by Crippen LogP contribution is -2.47. The van der Waals surface area contributed by atoms with Crippen molar-refractivity contribution in [1.82, 2.24) is 14.9 Å². The van der Waals surface area contributed by atoms with Crippen molar-refractivity contribution in [3.63, 3.8) is 0 Å². The number of nitrogens with one attached hydrogen (secondary N) is 3. The minimum absolute atomic E-state index is 0.421. The van der Waals surface area contributed by atoms with E-state index in [-0.39, 0.29) is 0 Å². The first-order valence-corrected chi connectivity index (χ1v) is 12.0. The second kappa shape index (κ2) is 10.5. The molecule has 0 unspecified atom stereocenters. The molecular weight excluding hydrogens is 434 g/mol. The zero-order valence-electron chi connectivity index (χ0n) is 19.4. The third-order valence-electron chi connectivity index (χ3n) is 6.15. The van der Waals surface area contributed by atoms with Crippen LogP contribution in [-0.2, 0) is 11.3 Å². The first kappa shape index (κ1) is 23.4. The molecule has 1 fully saturated rings. The van der Waals surface area contributed by atoms with E-state index in [4.69, 9.17) is 15.6 Å². The number of hydrogen-bond donors (Lipinski definition) is 3. The summed E-state index contributed by atoms with van der Waals surface area (Å²) in [4.78, 5) is 14.6. The molecule has 0 aliphatic carbocycles. The monoisotopic (exact) mass is 465 g/mol. The first-order chi connectivity index (χ1) is 16.0. The van der Waals surface area contributed by atoms with Gasteiger partial charge in [-0.2, -0.15) is 0 Å². The molecule has 3 heterocycles. The van der Waals surface area contributed by atoms with Crippen molar-refractivity contribution in [3.8, 4) is 0 Å². The van der Waals surface area contributed by atoms with E-state index in [9.17, 15) is 0 Å². The van der Waals surface area contributed by atoms with Crippen LogP contribution in [0.2, 0.25) is 0 Å². The van der Waals surface area contributed by atoms with E-state index in [0.717, 1.165) is 66.9 Å². The van der Waals surface area contributed by atoms with Crippen LogP contribution < -0.4 is 10.2 Å². The van der Waals surface area contributed by atoms with Crippen molar-refractivity contribution < 1.29 is 4.74 Å². The molecule has 4 rings (SSSR count). The van der Waals surface area contributed by atoms with Crippen molar-refractivity contribution in [3.05, 3.63) is 47.4 Å². The number of fused-ring (bicyclic) bond motifs is 1. The maximum atomic E-state index is 8.37. The molecule has 1 aromatic carbocycles. The Hall–Kier alpha value is -2.75. The smallest absolute Gasteiger partial charge is 0.144 e. The summed E-state index contributed by atoms with van der Waals surface area (Å²) in [6.07, 6.45) is 1.53. The van der Waals surface area contributed by atoms with Crippen LogP contribution in [0.5, 0.6) is 0 Å². The molecule has 0 atom stereocenters. The number of anilines is 2. The molecule has 0 spiro atoms. The Labute approximate surface area is 199 Å². The Morgan fingerprint density at radius 3 is 2.52 bits per heavy atom. The first-order valence-electron chi connectivity index (χ1n) is 11.2. The van der Waals surface area contributed by atoms with Gasteiger partial charge in [-0.3, -0.25) is 10.3 Å². The van der Waals surface area contributed by atoms with Crippen LogP contribution in [0.15, 0.2) is 41.1 Å². The second-order valence-corrected chi connectivity index (χ2v) is 9.32. The van der Waals surface area contributed by atoms with E-state index in [1.54, 1.807) is 14.0 Å². The molecule has 9 heteroatoms. The maximum Gasteiger partial charge on any atom is 0.144 e. The number of piperazine rings is 1. The Balaban J connectivity index is 1.39. The lowest BCUT2D eigenvalue weighted by molar-refractivity contribution is 0.144. The van der Waals surface area contributed by atoms with E-state index < -0.39 is 0 Å². The van der Waals surface area contributed by atoms with Crippen LogP contribution in [-0.4, -0.2) is 72.1 Å². The van der Waals surface area contributed by atoms with Crippen LogP contribution in [0.4, 0.5) is 11.5 Å². The van der Waals surface area contributed by atoms with E-state index in [1.807, 2.05) is 6.92 Å². The van der Waals surface area contributed by atoms with Gasteiger partial charge in [0.2, 0.25) is 0 Å². The summed E-state index contributed by atoms with van der Waals surface area (Å²) in [6.45, 7) is 10.2. The number of hydrogen-bond acceptors (Lipinski definition) is 9. The van der Waals surface area contributed by atoms with Crippen molar-refractivity contribution in [2.24, 2.45) is 0 Å². The summed E-state index contributed by atoms with van der Waals surface area (Å²) < 4.78 is 5.19. The van der Waals surface area contributed by atoms with Crippen LogP contribution in [0.3, 0.4) is 0 Å². The lowest BCUT2D eigenvalue weighted by atomic mass is 10.0. The molecule has 8 nitrogen and oxygen atoms in total. The molecule has 3 N–H and O–H groups in total. The van der Waals surface area contributed by atoms with Gasteiger partial charge in [-0.15, -0.1) is 0 Å². The number of benzene rings is 1. The van der Waals surface area contributed by atoms with Gasteiger partial charge in [0.15, 0.2) is 0 Å². The van der Waals surface area contributed by atoms with E-state index in [0.29, 0.717) is 17.3 Å². The molecule has 33 heavy (non-hydrogen) atoms. The Morgan fingerprint density at radius 1 is 1.12 bits per heavy atom. The topological polar surface area (TPSA) is 101 Å². The highest BCUT2D eigenvalue weighted by Crippen LogP contribution is 2.44. The summed E-state index contributed by atoms with van der Waals surface area (Å²) in [5.41, 5.74) is 5.14. The molecule has 2 aliphatic rings. The van der Waals surface area contributed by atoms with E-state index in [2.05, 4.69) is 49.4 Å². The Bertz CT molecular complexity index is 1060. The zero-order chi connectivity index (χ0) is 23.4. The SMILES string of the molecule is COCCN1CCN(c2ccc(CNc3ncnc4c3SC(=N)/C4=C(/C)C(C)=N)cc2)CC1. The largest absolute Gasteiger partial charge is 0.383 e. The molecule has 2 aliphatic heterocycles. The quantitative estimate of drug-likeness (QED) is 0.510. The van der Waals surface area contributed by atoms with Gasteiger partial charge in [-0.05, 0) is 37.1 Å². The van der Waals surface area contributed by atoms with Crippen LogP contribution in [0, 0.1) is 10.8 Å². The predicted octanol–water partition coefficient (Wildman–Crippen LogP) is 3.75. The summed E-state index contributed by atoms with van der Waals surface area (Å²) in [5, 5.41) is 20.2. The Kier molecular flexibility index (Phi) is 7.42. The number of aromatic nitrogens is 2. The third kappa shape index (κ3) is 5.26. The fourth-order valence-electron chi connectivity index (χ4n) is 4.03. The molecule has 0 bridgehead atoms. The summed E-state index contributed by atoms with van der Waals surface area (Å²) in [7, 11) is 1.75. The number of ether oxygens (including phenoxy) is 1. The van der Waals surface area contributed by atoms with Gasteiger partial charge in [-0.25, -0.2) is 9.97 Å². The highest BCUT2D eigenvalue weighted by Gasteiger charge is 2.29. The number of thioether (sulfide) groups is 1. The van der Waals surface area contributed by atoms with Crippen molar-refractivity contribution in [2.75, 3.05) is 56.7 Å². The minimum Gasteiger partial charge on any atom is -0.383 e. The van der Waals surface area contributed by atoms with Gasteiger partial charge in [0.05, 0.1) is 17.2 Å². The van der Waals surface area contributed by atoms with E-state index >= 15 is 0 Å². The summed E-state index contributed by atoms with van der Waals surface area (Å²) in [5.74, 6) is 0.733. The number of methoxy groups -OCH3 is 1. The Morgan fingerprint density at radius 2 is 1.85 bits per heavy atom. The van der Waals surface area contributed by atoms with Gasteiger partial charge in [0.1, 0.15) is 17.2 Å². The summed E-state index contributed by atoms with van der Waals surface area (Å²) >= 11 is 1.36. The van der Waals surface area contributed by atoms with Crippen molar-refractivity contribution >= 4 is 39.6 Å². The maximum absolute atomic E-state index is 8.37. The molecular formula is C24H31N7OS. The normalized spacial score (nSPS) is 17.8. The van der Waals surface area contributed by atoms with Gasteiger partial charge in [-0.1, -0.05) is 23.9 Å². The van der Waals surface area contributed by atoms with Crippen LogP contribution >= 0.6 is 11.8 Å². The van der Waals surface area contributed by atoms with Gasteiger partial charge in [0, 0.05) is 63.4 Å². The number of nitrogens with zero attached hydrogens (tertiary/aromatic N) is 4. The second-order valence-electron chi connectivity index (χ2n) is 8.30. The molecule has 1 saturated heterocycles. The van der Waals surface area contributed by atoms with Gasteiger partial charge in [0.25, 0.3) is 0 Å². The van der Waals surface area contributed by atoms with Crippen molar-refractivity contribution in [2.45, 2.75) is 25.3 Å². The van der Waals surface area contributed by atoms with Crippen LogP contribution in [0.25, 0.3) is 5.57 Å². The molecule has 2 aromatic rings. The molecule has 174 valence electrons. The lowest BCUT2D eigenvalue weighted by Gasteiger charge is -2.36. The third-order valence-corrected chi connectivity index (χ3v) is 7.15. The minimum atomic E-state index is 0.421. The van der Waals surface area contributed by atoms with Crippen molar-refractivity contribution in [1.29, 1.82) is 10.8 Å². The highest BCUT2D eigenvalue weighted by molar-refractivity contribution is 8.15. The fraction of sp³-hybridized carbons (Fsp3) is 0.417. The standard InChI is InChI=1S/C24H31N7OS/c1-16(17(2)25)20-21-22(33-23(20)26)24(29-15-28-21)27-14-18-4-6-19(7-5-18)31-10-8-30(9-11-31)12-13-32-3/h4-7,15,25-26H,8-14H2,1-3H3,(H,27,28,29)/b20-16-,25-17?,26-23?. The number of rotatable bonds is 8.